The predicted octanol–water partition coefficient (Wildman–Crippen LogP) is 8.29. The van der Waals surface area contributed by atoms with Gasteiger partial charge in [-0.25, -0.2) is 9.97 Å². The van der Waals surface area contributed by atoms with E-state index in [1.54, 1.807) is 12.5 Å². The van der Waals surface area contributed by atoms with Crippen LogP contribution in [0.1, 0.15) is 41.6 Å². The Morgan fingerprint density at radius 1 is 0.658 bits per heavy atom. The molecule has 5 rings (SSSR count). The molecule has 2 aromatic heterocycles. The van der Waals surface area contributed by atoms with Crippen LogP contribution >= 0.6 is 43.5 Å². The molecule has 1 N–H and O–H groups in total. The minimum Gasteiger partial charge on any atom is -0.388 e. The van der Waals surface area contributed by atoms with Gasteiger partial charge in [-0.2, -0.15) is 0 Å². The van der Waals surface area contributed by atoms with Crippen molar-refractivity contribution < 1.29 is 5.11 Å². The number of benzene rings is 3. The standard InChI is InChI=1S/C18H16BrClN2.C12H13BrN2O/c19-16-5-1-14(2-6-16)18(9-11-22-12-10-21-13-22)15-3-7-17(20)8-4-15;13-11-3-1-10(2-4-11)12(16)5-7-15-8-6-14-9-15/h1-8,10,12-13,18H,9,11H2;1-4,6,8-9,12,16H,5,7H2. The van der Waals surface area contributed by atoms with E-state index in [1.807, 2.05) is 65.9 Å². The lowest BCUT2D eigenvalue weighted by atomic mass is 9.88. The van der Waals surface area contributed by atoms with Crippen LogP contribution in [0.5, 0.6) is 0 Å². The SMILES string of the molecule is Clc1ccc(C(CCn2ccnc2)c2ccc(Br)cc2)cc1.OC(CCn1ccnc1)c1ccc(Br)cc1. The fourth-order valence-electron chi connectivity index (χ4n) is 4.16. The zero-order valence-electron chi connectivity index (χ0n) is 20.7. The summed E-state index contributed by atoms with van der Waals surface area (Å²) in [6.45, 7) is 1.71. The largest absolute Gasteiger partial charge is 0.388 e. The second kappa shape index (κ2) is 14.4. The molecule has 0 aliphatic rings. The van der Waals surface area contributed by atoms with Gasteiger partial charge in [-0.3, -0.25) is 0 Å². The van der Waals surface area contributed by atoms with Crippen LogP contribution < -0.4 is 0 Å². The normalized spacial score (nSPS) is 12.4. The molecule has 5 nitrogen and oxygen atoms in total. The molecule has 0 aliphatic carbocycles. The molecule has 2 unspecified atom stereocenters. The highest BCUT2D eigenvalue weighted by atomic mass is 79.9. The molecule has 0 saturated carbocycles. The van der Waals surface area contributed by atoms with Gasteiger partial charge in [0.05, 0.1) is 18.8 Å². The molecule has 38 heavy (non-hydrogen) atoms. The lowest BCUT2D eigenvalue weighted by Gasteiger charge is -2.18. The van der Waals surface area contributed by atoms with Crippen molar-refractivity contribution in [1.29, 1.82) is 0 Å². The Balaban J connectivity index is 0.000000186. The first kappa shape index (κ1) is 28.3. The summed E-state index contributed by atoms with van der Waals surface area (Å²) in [5, 5.41) is 10.7. The van der Waals surface area contributed by atoms with Crippen molar-refractivity contribution in [2.45, 2.75) is 38.0 Å². The molecule has 0 fully saturated rings. The molecular weight excluding hydrogens is 628 g/mol. The molecule has 2 heterocycles. The van der Waals surface area contributed by atoms with Gasteiger partial charge >= 0.3 is 0 Å². The second-order valence-electron chi connectivity index (χ2n) is 8.90. The Labute approximate surface area is 245 Å². The van der Waals surface area contributed by atoms with E-state index in [0.717, 1.165) is 39.0 Å². The van der Waals surface area contributed by atoms with Crippen molar-refractivity contribution in [3.63, 3.8) is 0 Å². The number of aromatic nitrogens is 4. The monoisotopic (exact) mass is 654 g/mol. The highest BCUT2D eigenvalue weighted by molar-refractivity contribution is 9.10. The van der Waals surface area contributed by atoms with E-state index < -0.39 is 6.10 Å². The zero-order valence-corrected chi connectivity index (χ0v) is 24.7. The molecule has 196 valence electrons. The highest BCUT2D eigenvalue weighted by Gasteiger charge is 2.14. The van der Waals surface area contributed by atoms with E-state index in [0.29, 0.717) is 12.3 Å². The molecule has 0 spiro atoms. The summed E-state index contributed by atoms with van der Waals surface area (Å²) in [4.78, 5) is 8.07. The van der Waals surface area contributed by atoms with Crippen LogP contribution in [-0.4, -0.2) is 24.2 Å². The van der Waals surface area contributed by atoms with Gasteiger partial charge in [0.15, 0.2) is 0 Å². The molecule has 8 heteroatoms. The Morgan fingerprint density at radius 3 is 1.58 bits per heavy atom. The first-order valence-electron chi connectivity index (χ1n) is 12.3. The molecule has 2 atom stereocenters. The van der Waals surface area contributed by atoms with Crippen LogP contribution in [0.15, 0.2) is 119 Å². The number of hydrogen-bond donors (Lipinski definition) is 1. The summed E-state index contributed by atoms with van der Waals surface area (Å²) < 4.78 is 6.20. The van der Waals surface area contributed by atoms with E-state index in [-0.39, 0.29) is 0 Å². The van der Waals surface area contributed by atoms with Gasteiger partial charge in [-0.05, 0) is 65.9 Å². The zero-order chi connectivity index (χ0) is 26.7. The Kier molecular flexibility index (Phi) is 10.8. The molecule has 0 amide bonds. The maximum atomic E-state index is 9.96. The fraction of sp³-hybridized carbons (Fsp3) is 0.200. The second-order valence-corrected chi connectivity index (χ2v) is 11.2. The molecule has 3 aromatic carbocycles. The maximum absolute atomic E-state index is 9.96. The van der Waals surface area contributed by atoms with Crippen LogP contribution in [-0.2, 0) is 13.1 Å². The number of aryl methyl sites for hydroxylation is 2. The summed E-state index contributed by atoms with van der Waals surface area (Å²) in [6.07, 6.45) is 12.4. The highest BCUT2D eigenvalue weighted by Crippen LogP contribution is 2.30. The van der Waals surface area contributed by atoms with Gasteiger partial charge in [-0.1, -0.05) is 79.9 Å². The van der Waals surface area contributed by atoms with Crippen molar-refractivity contribution >= 4 is 43.5 Å². The lowest BCUT2D eigenvalue weighted by molar-refractivity contribution is 0.161. The van der Waals surface area contributed by atoms with Crippen molar-refractivity contribution in [1.82, 2.24) is 19.1 Å². The van der Waals surface area contributed by atoms with E-state index in [9.17, 15) is 5.11 Å². The average Bonchev–Trinajstić information content (AvgIpc) is 3.65. The van der Waals surface area contributed by atoms with Gasteiger partial charge in [-0.15, -0.1) is 0 Å². The van der Waals surface area contributed by atoms with Crippen LogP contribution in [0, 0.1) is 0 Å². The molecule has 0 radical (unpaired) electrons. The molecule has 0 bridgehead atoms. The summed E-state index contributed by atoms with van der Waals surface area (Å²) in [5.74, 6) is 0.341. The smallest absolute Gasteiger partial charge is 0.0945 e. The molecule has 5 aromatic rings. The van der Waals surface area contributed by atoms with E-state index >= 15 is 0 Å². The minimum atomic E-state index is -0.421. The van der Waals surface area contributed by atoms with Crippen molar-refractivity contribution in [3.05, 3.63) is 141 Å². The van der Waals surface area contributed by atoms with Gasteiger partial charge in [0.25, 0.3) is 0 Å². The van der Waals surface area contributed by atoms with Gasteiger partial charge in [0, 0.05) is 57.8 Å². The van der Waals surface area contributed by atoms with Crippen molar-refractivity contribution in [3.8, 4) is 0 Å². The van der Waals surface area contributed by atoms with Gasteiger partial charge in [0.2, 0.25) is 0 Å². The number of aliphatic hydroxyl groups is 1. The lowest BCUT2D eigenvalue weighted by Crippen LogP contribution is -2.06. The van der Waals surface area contributed by atoms with Crippen molar-refractivity contribution in [2.75, 3.05) is 0 Å². The number of aliphatic hydroxyl groups excluding tert-OH is 1. The Hall–Kier alpha value is -2.71. The van der Waals surface area contributed by atoms with Gasteiger partial charge in [0.1, 0.15) is 0 Å². The quantitative estimate of drug-likeness (QED) is 0.174. The van der Waals surface area contributed by atoms with Crippen LogP contribution in [0.2, 0.25) is 5.02 Å². The molecule has 0 saturated heterocycles. The summed E-state index contributed by atoms with van der Waals surface area (Å²) in [6, 6.07) is 24.4. The number of rotatable bonds is 9. The van der Waals surface area contributed by atoms with E-state index in [4.69, 9.17) is 11.6 Å². The minimum absolute atomic E-state index is 0.341. The first-order chi connectivity index (χ1) is 18.5. The average molecular weight is 657 g/mol. The van der Waals surface area contributed by atoms with Crippen molar-refractivity contribution in [2.24, 2.45) is 0 Å². The maximum Gasteiger partial charge on any atom is 0.0945 e. The number of halogens is 3. The third kappa shape index (κ3) is 8.67. The third-order valence-corrected chi connectivity index (χ3v) is 7.56. The van der Waals surface area contributed by atoms with Crippen LogP contribution in [0.3, 0.4) is 0 Å². The summed E-state index contributed by atoms with van der Waals surface area (Å²) in [5.41, 5.74) is 3.54. The van der Waals surface area contributed by atoms with E-state index in [1.165, 1.54) is 11.1 Å². The Bertz CT molecular complexity index is 1300. The molecular formula is C30H29Br2ClN4O. The summed E-state index contributed by atoms with van der Waals surface area (Å²) >= 11 is 12.9. The van der Waals surface area contributed by atoms with Crippen LogP contribution in [0.25, 0.3) is 0 Å². The fourth-order valence-corrected chi connectivity index (χ4v) is 4.81. The number of nitrogens with zero attached hydrogens (tertiary/aromatic N) is 4. The predicted molar refractivity (Wildman–Crippen MR) is 160 cm³/mol. The summed E-state index contributed by atoms with van der Waals surface area (Å²) in [7, 11) is 0. The Morgan fingerprint density at radius 2 is 1.11 bits per heavy atom. The number of hydrogen-bond acceptors (Lipinski definition) is 3. The topological polar surface area (TPSA) is 55.9 Å². The molecule has 0 aliphatic heterocycles. The van der Waals surface area contributed by atoms with Crippen LogP contribution in [0.4, 0.5) is 0 Å². The third-order valence-electron chi connectivity index (χ3n) is 6.25. The van der Waals surface area contributed by atoms with Gasteiger partial charge < -0.3 is 14.2 Å². The number of imidazole rings is 2. The first-order valence-corrected chi connectivity index (χ1v) is 14.3. The van der Waals surface area contributed by atoms with E-state index in [2.05, 4.69) is 82.8 Å².